The fourth-order valence-electron chi connectivity index (χ4n) is 1.52. The average Bonchev–Trinajstić information content (AvgIpc) is 2.33. The molecule has 1 aromatic rings. The number of aryl methyl sites for hydroxylation is 1. The van der Waals surface area contributed by atoms with E-state index in [0.717, 1.165) is 3.92 Å². The fraction of sp³-hybridized carbons (Fsp3) is 0.333. The summed E-state index contributed by atoms with van der Waals surface area (Å²) in [4.78, 5) is 0. The van der Waals surface area contributed by atoms with Gasteiger partial charge in [-0.05, 0) is 36.1 Å². The SMILES string of the molecule is Brc1ccc2c(c1)C(I)CC2. The third-order valence-corrected chi connectivity index (χ3v) is 3.90. The molecule has 0 N–H and O–H groups in total. The van der Waals surface area contributed by atoms with Crippen LogP contribution in [-0.2, 0) is 6.42 Å². The molecule has 0 amide bonds. The highest BCUT2D eigenvalue weighted by atomic mass is 127. The zero-order valence-corrected chi connectivity index (χ0v) is 9.72. The minimum Gasteiger partial charge on any atom is -0.0774 e. The van der Waals surface area contributed by atoms with Crippen LogP contribution in [0.25, 0.3) is 0 Å². The van der Waals surface area contributed by atoms with E-state index in [4.69, 9.17) is 0 Å². The van der Waals surface area contributed by atoms with Gasteiger partial charge in [0.05, 0.1) is 0 Å². The van der Waals surface area contributed by atoms with Crippen LogP contribution in [0.5, 0.6) is 0 Å². The molecule has 0 aliphatic heterocycles. The normalized spacial score (nSPS) is 21.8. The van der Waals surface area contributed by atoms with Crippen LogP contribution in [0, 0.1) is 0 Å². The average molecular weight is 323 g/mol. The Balaban J connectivity index is 2.52. The van der Waals surface area contributed by atoms with Crippen LogP contribution in [0.3, 0.4) is 0 Å². The highest BCUT2D eigenvalue weighted by Crippen LogP contribution is 2.38. The second-order valence-corrected chi connectivity index (χ2v) is 5.27. The molecule has 0 radical (unpaired) electrons. The molecule has 0 heterocycles. The molecule has 0 saturated heterocycles. The topological polar surface area (TPSA) is 0 Å². The van der Waals surface area contributed by atoms with Gasteiger partial charge in [-0.25, -0.2) is 0 Å². The lowest BCUT2D eigenvalue weighted by atomic mass is 10.1. The molecule has 0 bridgehead atoms. The minimum absolute atomic E-state index is 0.736. The molecule has 1 atom stereocenters. The largest absolute Gasteiger partial charge is 0.0774 e. The first kappa shape index (κ1) is 8.05. The van der Waals surface area contributed by atoms with Gasteiger partial charge in [0.15, 0.2) is 0 Å². The van der Waals surface area contributed by atoms with Crippen molar-refractivity contribution in [2.45, 2.75) is 16.8 Å². The van der Waals surface area contributed by atoms with Gasteiger partial charge in [-0.3, -0.25) is 0 Å². The highest BCUT2D eigenvalue weighted by molar-refractivity contribution is 14.1. The van der Waals surface area contributed by atoms with Gasteiger partial charge in [-0.2, -0.15) is 0 Å². The van der Waals surface area contributed by atoms with E-state index in [0.29, 0.717) is 0 Å². The molecular weight excluding hydrogens is 315 g/mol. The Morgan fingerprint density at radius 3 is 3.09 bits per heavy atom. The van der Waals surface area contributed by atoms with Crippen molar-refractivity contribution < 1.29 is 0 Å². The Labute approximate surface area is 88.6 Å². The van der Waals surface area contributed by atoms with Crippen molar-refractivity contribution in [1.29, 1.82) is 0 Å². The highest BCUT2D eigenvalue weighted by Gasteiger charge is 2.19. The Bertz CT molecular complexity index is 283. The first-order valence-corrected chi connectivity index (χ1v) is 5.73. The molecule has 0 aromatic heterocycles. The van der Waals surface area contributed by atoms with Gasteiger partial charge in [-0.15, -0.1) is 0 Å². The van der Waals surface area contributed by atoms with Crippen molar-refractivity contribution in [3.05, 3.63) is 33.8 Å². The molecule has 11 heavy (non-hydrogen) atoms. The molecule has 1 unspecified atom stereocenters. The molecule has 0 spiro atoms. The summed E-state index contributed by atoms with van der Waals surface area (Å²) >= 11 is 6.01. The number of halogens is 2. The molecule has 58 valence electrons. The van der Waals surface area contributed by atoms with Crippen molar-refractivity contribution in [1.82, 2.24) is 0 Å². The summed E-state index contributed by atoms with van der Waals surface area (Å²) < 4.78 is 1.94. The van der Waals surface area contributed by atoms with E-state index in [1.807, 2.05) is 0 Å². The van der Waals surface area contributed by atoms with E-state index >= 15 is 0 Å². The van der Waals surface area contributed by atoms with Crippen molar-refractivity contribution in [2.75, 3.05) is 0 Å². The second kappa shape index (κ2) is 3.05. The van der Waals surface area contributed by atoms with Gasteiger partial charge >= 0.3 is 0 Å². The fourth-order valence-corrected chi connectivity index (χ4v) is 2.79. The first-order chi connectivity index (χ1) is 5.27. The number of hydrogen-bond donors (Lipinski definition) is 0. The lowest BCUT2D eigenvalue weighted by molar-refractivity contribution is 0.916. The standard InChI is InChI=1S/C9H8BrI/c10-7-3-1-6-2-4-9(11)8(6)5-7/h1,3,5,9H,2,4H2. The zero-order valence-electron chi connectivity index (χ0n) is 5.98. The maximum Gasteiger partial charge on any atom is 0.0365 e. The van der Waals surface area contributed by atoms with Gasteiger partial charge in [0, 0.05) is 8.40 Å². The quantitative estimate of drug-likeness (QED) is 0.502. The van der Waals surface area contributed by atoms with Gasteiger partial charge in [0.1, 0.15) is 0 Å². The molecule has 0 nitrogen and oxygen atoms in total. The molecule has 2 heteroatoms. The van der Waals surface area contributed by atoms with Gasteiger partial charge in [0.2, 0.25) is 0 Å². The summed E-state index contributed by atoms with van der Waals surface area (Å²) in [5.74, 6) is 0. The van der Waals surface area contributed by atoms with E-state index in [1.54, 1.807) is 0 Å². The van der Waals surface area contributed by atoms with Gasteiger partial charge < -0.3 is 0 Å². The Hall–Kier alpha value is 0.430. The van der Waals surface area contributed by atoms with Gasteiger partial charge in [0.25, 0.3) is 0 Å². The molecule has 2 rings (SSSR count). The van der Waals surface area contributed by atoms with Crippen LogP contribution in [0.2, 0.25) is 0 Å². The molecule has 1 aromatic carbocycles. The molecule has 0 saturated carbocycles. The maximum absolute atomic E-state index is 3.49. The number of rotatable bonds is 0. The summed E-state index contributed by atoms with van der Waals surface area (Å²) in [5.41, 5.74) is 3.06. The summed E-state index contributed by atoms with van der Waals surface area (Å²) in [6.07, 6.45) is 2.57. The first-order valence-electron chi connectivity index (χ1n) is 3.70. The molecular formula is C9H8BrI. The summed E-state index contributed by atoms with van der Waals surface area (Å²) in [6.45, 7) is 0. The van der Waals surface area contributed by atoms with Crippen LogP contribution in [0.4, 0.5) is 0 Å². The Kier molecular flexibility index (Phi) is 2.23. The maximum atomic E-state index is 3.49. The van der Waals surface area contributed by atoms with E-state index < -0.39 is 0 Å². The van der Waals surface area contributed by atoms with E-state index in [-0.39, 0.29) is 0 Å². The predicted octanol–water partition coefficient (Wildman–Crippen LogP) is 3.87. The van der Waals surface area contributed by atoms with Gasteiger partial charge in [-0.1, -0.05) is 44.6 Å². The number of benzene rings is 1. The second-order valence-electron chi connectivity index (χ2n) is 2.85. The third kappa shape index (κ3) is 1.47. The summed E-state index contributed by atoms with van der Waals surface area (Å²) in [5, 5.41) is 0. The van der Waals surface area contributed by atoms with Crippen molar-refractivity contribution in [2.24, 2.45) is 0 Å². The number of fused-ring (bicyclic) bond motifs is 1. The third-order valence-electron chi connectivity index (χ3n) is 2.11. The minimum atomic E-state index is 0.736. The van der Waals surface area contributed by atoms with Crippen LogP contribution < -0.4 is 0 Å². The van der Waals surface area contributed by atoms with Crippen LogP contribution in [0.15, 0.2) is 22.7 Å². The van der Waals surface area contributed by atoms with Crippen molar-refractivity contribution in [3.8, 4) is 0 Å². The van der Waals surface area contributed by atoms with E-state index in [2.05, 4.69) is 56.7 Å². The van der Waals surface area contributed by atoms with Crippen molar-refractivity contribution >= 4 is 38.5 Å². The van der Waals surface area contributed by atoms with E-state index in [1.165, 1.54) is 28.4 Å². The number of alkyl halides is 1. The van der Waals surface area contributed by atoms with Crippen LogP contribution in [-0.4, -0.2) is 0 Å². The summed E-state index contributed by atoms with van der Waals surface area (Å²) in [6, 6.07) is 6.62. The summed E-state index contributed by atoms with van der Waals surface area (Å²) in [7, 11) is 0. The zero-order chi connectivity index (χ0) is 7.84. The lowest BCUT2D eigenvalue weighted by Gasteiger charge is -2.02. The van der Waals surface area contributed by atoms with Crippen LogP contribution >= 0.6 is 38.5 Å². The van der Waals surface area contributed by atoms with E-state index in [9.17, 15) is 0 Å². The monoisotopic (exact) mass is 322 g/mol. The smallest absolute Gasteiger partial charge is 0.0365 e. The Morgan fingerprint density at radius 2 is 2.27 bits per heavy atom. The molecule has 1 aliphatic rings. The molecule has 0 fully saturated rings. The number of hydrogen-bond acceptors (Lipinski definition) is 0. The van der Waals surface area contributed by atoms with Crippen molar-refractivity contribution in [3.63, 3.8) is 0 Å². The lowest BCUT2D eigenvalue weighted by Crippen LogP contribution is -1.82. The Morgan fingerprint density at radius 1 is 1.45 bits per heavy atom. The predicted molar refractivity (Wildman–Crippen MR) is 59.2 cm³/mol. The molecule has 1 aliphatic carbocycles. The van der Waals surface area contributed by atoms with Crippen LogP contribution in [0.1, 0.15) is 21.5 Å².